The van der Waals surface area contributed by atoms with E-state index in [9.17, 15) is 0 Å². The number of piperidine rings is 1. The fourth-order valence-electron chi connectivity index (χ4n) is 5.12. The number of nitrogens with one attached hydrogen (secondary N) is 2. The Morgan fingerprint density at radius 3 is 2.39 bits per heavy atom. The van der Waals surface area contributed by atoms with E-state index in [1.807, 2.05) is 0 Å². The van der Waals surface area contributed by atoms with Gasteiger partial charge in [0, 0.05) is 16.5 Å². The van der Waals surface area contributed by atoms with E-state index < -0.39 is 0 Å². The van der Waals surface area contributed by atoms with E-state index in [4.69, 9.17) is 0 Å². The number of quaternary nitrogens is 1. The zero-order valence-electron chi connectivity index (χ0n) is 17.9. The average molecular weight is 376 g/mol. The number of benzene rings is 2. The molecule has 1 fully saturated rings. The molecule has 3 aromatic rings. The maximum absolute atomic E-state index is 3.81. The molecule has 0 radical (unpaired) electrons. The first-order valence-electron chi connectivity index (χ1n) is 11.1. The number of H-pyrrole nitrogens is 1. The Bertz CT molecular complexity index is 925. The van der Waals surface area contributed by atoms with Crippen molar-refractivity contribution in [1.29, 1.82) is 0 Å². The molecule has 1 aliphatic rings. The molecular weight excluding hydrogens is 340 g/mol. The summed E-state index contributed by atoms with van der Waals surface area (Å²) in [5, 5.41) is 1.41. The van der Waals surface area contributed by atoms with E-state index in [-0.39, 0.29) is 0 Å². The van der Waals surface area contributed by atoms with Gasteiger partial charge in [0.2, 0.25) is 0 Å². The summed E-state index contributed by atoms with van der Waals surface area (Å²) in [6.07, 6.45) is 6.44. The number of hydrogen-bond donors (Lipinski definition) is 2. The number of rotatable bonds is 5. The van der Waals surface area contributed by atoms with Crippen molar-refractivity contribution in [3.8, 4) is 11.3 Å². The first-order chi connectivity index (χ1) is 13.6. The van der Waals surface area contributed by atoms with Gasteiger partial charge in [-0.2, -0.15) is 0 Å². The Morgan fingerprint density at radius 2 is 1.71 bits per heavy atom. The smallest absolute Gasteiger partial charge is 0.106 e. The minimum absolute atomic E-state index is 0.735. The lowest BCUT2D eigenvalue weighted by Crippen LogP contribution is -3.18. The molecule has 0 bridgehead atoms. The van der Waals surface area contributed by atoms with Gasteiger partial charge in [0.1, 0.15) is 6.54 Å². The van der Waals surface area contributed by atoms with Crippen molar-refractivity contribution in [1.82, 2.24) is 4.98 Å². The normalized spacial score (nSPS) is 22.6. The summed E-state index contributed by atoms with van der Waals surface area (Å²) in [4.78, 5) is 5.55. The molecule has 1 unspecified atom stereocenters. The summed E-state index contributed by atoms with van der Waals surface area (Å²) in [5.74, 6) is 0. The molecule has 28 heavy (non-hydrogen) atoms. The van der Waals surface area contributed by atoms with Crippen LogP contribution in [-0.2, 0) is 13.0 Å². The van der Waals surface area contributed by atoms with Gasteiger partial charge in [-0.05, 0) is 63.1 Å². The second kappa shape index (κ2) is 8.13. The maximum Gasteiger partial charge on any atom is 0.106 e. The minimum atomic E-state index is 0.735. The number of aryl methyl sites for hydroxylation is 2. The van der Waals surface area contributed by atoms with Gasteiger partial charge >= 0.3 is 0 Å². The van der Waals surface area contributed by atoms with Gasteiger partial charge in [-0.1, -0.05) is 55.8 Å². The Balaban J connectivity index is 1.79. The standard InChI is InChI=1S/C26H34N2/c1-5-8-21-13-15-22(16-14-21)26-24(17-28-19(3)10-7-11-20(28)4)23-12-6-9-18(2)25(23)27-26/h6,9,12-16,19-20,27H,5,7-8,10-11,17H2,1-4H3/p+1/t19-,20+. The fraction of sp³-hybridized carbons (Fsp3) is 0.462. The third-order valence-electron chi connectivity index (χ3n) is 6.85. The van der Waals surface area contributed by atoms with Crippen molar-refractivity contribution in [2.24, 2.45) is 0 Å². The predicted molar refractivity (Wildman–Crippen MR) is 120 cm³/mol. The quantitative estimate of drug-likeness (QED) is 0.592. The van der Waals surface area contributed by atoms with E-state index in [2.05, 4.69) is 75.1 Å². The number of hydrogen-bond acceptors (Lipinski definition) is 0. The van der Waals surface area contributed by atoms with Crippen LogP contribution in [0.2, 0.25) is 0 Å². The Labute approximate surface area is 170 Å². The molecule has 2 aromatic carbocycles. The first-order valence-corrected chi connectivity index (χ1v) is 11.1. The van der Waals surface area contributed by atoms with Crippen molar-refractivity contribution in [2.75, 3.05) is 0 Å². The van der Waals surface area contributed by atoms with E-state index in [0.717, 1.165) is 25.0 Å². The zero-order chi connectivity index (χ0) is 19.7. The summed E-state index contributed by atoms with van der Waals surface area (Å²) in [6.45, 7) is 10.4. The van der Waals surface area contributed by atoms with Crippen LogP contribution < -0.4 is 4.90 Å². The van der Waals surface area contributed by atoms with E-state index in [1.54, 1.807) is 4.90 Å². The molecule has 2 N–H and O–H groups in total. The minimum Gasteiger partial charge on any atom is -0.354 e. The largest absolute Gasteiger partial charge is 0.354 e. The first kappa shape index (κ1) is 19.3. The Hall–Kier alpha value is -2.06. The molecule has 1 aliphatic heterocycles. The van der Waals surface area contributed by atoms with Gasteiger partial charge in [-0.3, -0.25) is 0 Å². The lowest BCUT2D eigenvalue weighted by molar-refractivity contribution is -0.964. The number of para-hydroxylation sites is 1. The predicted octanol–water partition coefficient (Wildman–Crippen LogP) is 5.44. The highest BCUT2D eigenvalue weighted by molar-refractivity contribution is 5.92. The van der Waals surface area contributed by atoms with Crippen molar-refractivity contribution in [3.05, 3.63) is 59.2 Å². The molecule has 2 nitrogen and oxygen atoms in total. The van der Waals surface area contributed by atoms with Gasteiger partial charge in [-0.25, -0.2) is 0 Å². The number of fused-ring (bicyclic) bond motifs is 1. The number of aromatic nitrogens is 1. The summed E-state index contributed by atoms with van der Waals surface area (Å²) in [5.41, 5.74) is 8.22. The number of likely N-dealkylation sites (tertiary alicyclic amines) is 1. The Kier molecular flexibility index (Phi) is 5.59. The molecule has 1 saturated heterocycles. The molecule has 2 heteroatoms. The topological polar surface area (TPSA) is 20.2 Å². The fourth-order valence-corrected chi connectivity index (χ4v) is 5.12. The summed E-state index contributed by atoms with van der Waals surface area (Å²) in [7, 11) is 0. The van der Waals surface area contributed by atoms with Crippen molar-refractivity contribution in [2.45, 2.75) is 78.4 Å². The third kappa shape index (κ3) is 3.63. The van der Waals surface area contributed by atoms with Gasteiger partial charge in [-0.15, -0.1) is 0 Å². The second-order valence-corrected chi connectivity index (χ2v) is 8.91. The maximum atomic E-state index is 3.81. The van der Waals surface area contributed by atoms with Crippen LogP contribution in [0.25, 0.3) is 22.2 Å². The summed E-state index contributed by atoms with van der Waals surface area (Å²) in [6, 6.07) is 17.4. The van der Waals surface area contributed by atoms with Gasteiger partial charge in [0.15, 0.2) is 0 Å². The molecule has 0 amide bonds. The SMILES string of the molecule is CCCc1ccc(-c2[nH]c3c(C)cccc3c2C[NH+]2[C@H](C)CCC[C@@H]2C)cc1. The van der Waals surface area contributed by atoms with Crippen LogP contribution in [0.15, 0.2) is 42.5 Å². The molecule has 2 heterocycles. The van der Waals surface area contributed by atoms with Crippen molar-refractivity contribution >= 4 is 10.9 Å². The molecular formula is C26H35N2+. The highest BCUT2D eigenvalue weighted by atomic mass is 15.2. The van der Waals surface area contributed by atoms with E-state index in [0.29, 0.717) is 0 Å². The zero-order valence-corrected chi connectivity index (χ0v) is 17.9. The highest BCUT2D eigenvalue weighted by Gasteiger charge is 2.30. The monoisotopic (exact) mass is 375 g/mol. The van der Waals surface area contributed by atoms with Gasteiger partial charge in [0.05, 0.1) is 17.8 Å². The Morgan fingerprint density at radius 1 is 1.00 bits per heavy atom. The van der Waals surface area contributed by atoms with Crippen LogP contribution in [-0.4, -0.2) is 17.1 Å². The average Bonchev–Trinajstić information content (AvgIpc) is 3.06. The highest BCUT2D eigenvalue weighted by Crippen LogP contribution is 2.32. The van der Waals surface area contributed by atoms with Crippen LogP contribution in [0.1, 0.15) is 63.1 Å². The number of aromatic amines is 1. The lowest BCUT2D eigenvalue weighted by atomic mass is 9.95. The second-order valence-electron chi connectivity index (χ2n) is 8.91. The van der Waals surface area contributed by atoms with E-state index >= 15 is 0 Å². The molecule has 0 spiro atoms. The van der Waals surface area contributed by atoms with Crippen LogP contribution in [0.5, 0.6) is 0 Å². The third-order valence-corrected chi connectivity index (χ3v) is 6.85. The van der Waals surface area contributed by atoms with Crippen LogP contribution in [0.3, 0.4) is 0 Å². The van der Waals surface area contributed by atoms with Crippen LogP contribution in [0.4, 0.5) is 0 Å². The lowest BCUT2D eigenvalue weighted by Gasteiger charge is -2.36. The summed E-state index contributed by atoms with van der Waals surface area (Å²) >= 11 is 0. The molecule has 0 aliphatic carbocycles. The summed E-state index contributed by atoms with van der Waals surface area (Å²) < 4.78 is 0. The van der Waals surface area contributed by atoms with Crippen LogP contribution >= 0.6 is 0 Å². The molecule has 4 rings (SSSR count). The van der Waals surface area contributed by atoms with E-state index in [1.165, 1.54) is 64.5 Å². The van der Waals surface area contributed by atoms with Crippen molar-refractivity contribution in [3.63, 3.8) is 0 Å². The van der Waals surface area contributed by atoms with Crippen molar-refractivity contribution < 1.29 is 4.90 Å². The van der Waals surface area contributed by atoms with Crippen LogP contribution in [0, 0.1) is 6.92 Å². The molecule has 3 atom stereocenters. The van der Waals surface area contributed by atoms with Gasteiger partial charge in [0.25, 0.3) is 0 Å². The molecule has 1 aromatic heterocycles. The van der Waals surface area contributed by atoms with Gasteiger partial charge < -0.3 is 9.88 Å². The molecule has 148 valence electrons. The molecule has 0 saturated carbocycles.